The van der Waals surface area contributed by atoms with Gasteiger partial charge in [0.1, 0.15) is 11.9 Å². The minimum atomic E-state index is -3.88. The van der Waals surface area contributed by atoms with E-state index < -0.39 is 27.8 Å². The van der Waals surface area contributed by atoms with Crippen LogP contribution < -0.4 is 5.32 Å². The van der Waals surface area contributed by atoms with Crippen LogP contribution in [0.15, 0.2) is 47.4 Å². The normalized spacial score (nSPS) is 17.9. The summed E-state index contributed by atoms with van der Waals surface area (Å²) in [7, 11) is -3.88. The van der Waals surface area contributed by atoms with E-state index in [9.17, 15) is 17.6 Å². The minimum absolute atomic E-state index is 0.0239. The molecule has 0 spiro atoms. The number of sulfonamides is 1. The summed E-state index contributed by atoms with van der Waals surface area (Å²) in [5.74, 6) is -0.916. The highest BCUT2D eigenvalue weighted by molar-refractivity contribution is 7.89. The molecule has 1 saturated heterocycles. The number of para-hydroxylation sites is 1. The van der Waals surface area contributed by atoms with E-state index in [1.807, 2.05) is 25.1 Å². The number of aryl methyl sites for hydroxylation is 1. The predicted molar refractivity (Wildman–Crippen MR) is 106 cm³/mol. The summed E-state index contributed by atoms with van der Waals surface area (Å²) in [6, 6.07) is 9.61. The second-order valence-corrected chi connectivity index (χ2v) is 9.58. The third kappa shape index (κ3) is 3.41. The Bertz CT molecular complexity index is 1140. The number of rotatable bonds is 4. The zero-order valence-electron chi connectivity index (χ0n) is 15.1. The number of hydrogen-bond acceptors (Lipinski definition) is 5. The zero-order chi connectivity index (χ0) is 19.9. The third-order valence-electron chi connectivity index (χ3n) is 4.78. The molecule has 0 radical (unpaired) electrons. The monoisotopic (exact) mass is 419 g/mol. The highest BCUT2D eigenvalue weighted by Gasteiger charge is 2.39. The smallest absolute Gasteiger partial charge is 0.244 e. The largest absolute Gasteiger partial charge is 0.301 e. The standard InChI is InChI=1S/C19H18FN3O3S2/c1-12-4-2-6-16-17(12)21-19(27-16)22-18(24)15-5-3-11-23(15)28(25,26)14-9-7-13(20)8-10-14/h2,4,6-10,15H,3,5,11H2,1H3,(H,21,22,24). The van der Waals surface area contributed by atoms with Crippen molar-refractivity contribution in [3.05, 3.63) is 53.8 Å². The molecule has 1 amide bonds. The van der Waals surface area contributed by atoms with Crippen molar-refractivity contribution >= 4 is 42.6 Å². The summed E-state index contributed by atoms with van der Waals surface area (Å²) in [6.07, 6.45) is 1.01. The van der Waals surface area contributed by atoms with Crippen molar-refractivity contribution in [2.24, 2.45) is 0 Å². The molecule has 1 aromatic heterocycles. The van der Waals surface area contributed by atoms with E-state index in [1.165, 1.54) is 27.8 Å². The Labute approximate surface area is 166 Å². The first-order valence-electron chi connectivity index (χ1n) is 8.81. The van der Waals surface area contributed by atoms with Crippen LogP contribution in [0.1, 0.15) is 18.4 Å². The Hall–Kier alpha value is -2.36. The molecule has 6 nitrogen and oxygen atoms in total. The first kappa shape index (κ1) is 19.0. The van der Waals surface area contributed by atoms with Crippen LogP contribution >= 0.6 is 11.3 Å². The maximum absolute atomic E-state index is 13.1. The minimum Gasteiger partial charge on any atom is -0.301 e. The molecule has 146 valence electrons. The van der Waals surface area contributed by atoms with Gasteiger partial charge < -0.3 is 5.32 Å². The summed E-state index contributed by atoms with van der Waals surface area (Å²) in [5.41, 5.74) is 1.83. The molecule has 3 aromatic rings. The van der Waals surface area contributed by atoms with Crippen molar-refractivity contribution < 1.29 is 17.6 Å². The van der Waals surface area contributed by atoms with Gasteiger partial charge in [0.25, 0.3) is 0 Å². The lowest BCUT2D eigenvalue weighted by Crippen LogP contribution is -2.43. The number of amides is 1. The Morgan fingerprint density at radius 3 is 2.71 bits per heavy atom. The fourth-order valence-corrected chi connectivity index (χ4v) is 5.96. The summed E-state index contributed by atoms with van der Waals surface area (Å²) >= 11 is 1.35. The lowest BCUT2D eigenvalue weighted by atomic mass is 10.2. The predicted octanol–water partition coefficient (Wildman–Crippen LogP) is 3.54. The maximum Gasteiger partial charge on any atom is 0.244 e. The van der Waals surface area contributed by atoms with Gasteiger partial charge in [-0.05, 0) is 55.7 Å². The number of benzene rings is 2. The van der Waals surface area contributed by atoms with Crippen molar-refractivity contribution in [1.82, 2.24) is 9.29 Å². The number of carbonyl (C=O) groups excluding carboxylic acids is 1. The van der Waals surface area contributed by atoms with Gasteiger partial charge in [-0.2, -0.15) is 4.31 Å². The molecule has 0 bridgehead atoms. The lowest BCUT2D eigenvalue weighted by Gasteiger charge is -2.23. The second kappa shape index (κ2) is 7.23. The second-order valence-electron chi connectivity index (χ2n) is 6.66. The Morgan fingerprint density at radius 1 is 1.25 bits per heavy atom. The van der Waals surface area contributed by atoms with Crippen LogP contribution in [0.3, 0.4) is 0 Å². The van der Waals surface area contributed by atoms with Gasteiger partial charge in [-0.15, -0.1) is 0 Å². The number of fused-ring (bicyclic) bond motifs is 1. The third-order valence-corrected chi connectivity index (χ3v) is 7.64. The number of halogens is 1. The molecule has 2 heterocycles. The highest BCUT2D eigenvalue weighted by atomic mass is 32.2. The van der Waals surface area contributed by atoms with Gasteiger partial charge in [0, 0.05) is 6.54 Å². The lowest BCUT2D eigenvalue weighted by molar-refractivity contribution is -0.119. The SMILES string of the molecule is Cc1cccc2sc(NC(=O)C3CCCN3S(=O)(=O)c3ccc(F)cc3)nc12. The van der Waals surface area contributed by atoms with Crippen LogP contribution in [0.25, 0.3) is 10.2 Å². The molecule has 1 atom stereocenters. The van der Waals surface area contributed by atoms with Gasteiger partial charge in [0.15, 0.2) is 5.13 Å². The molecule has 1 unspecified atom stereocenters. The topological polar surface area (TPSA) is 79.4 Å². The van der Waals surface area contributed by atoms with Crippen LogP contribution in [-0.2, 0) is 14.8 Å². The highest BCUT2D eigenvalue weighted by Crippen LogP contribution is 2.30. The van der Waals surface area contributed by atoms with E-state index in [-0.39, 0.29) is 11.4 Å². The average molecular weight is 420 g/mol. The molecule has 9 heteroatoms. The molecule has 0 saturated carbocycles. The number of nitrogens with zero attached hydrogens (tertiary/aromatic N) is 2. The molecule has 28 heavy (non-hydrogen) atoms. The van der Waals surface area contributed by atoms with E-state index in [0.29, 0.717) is 18.0 Å². The molecule has 2 aromatic carbocycles. The number of hydrogen-bond donors (Lipinski definition) is 1. The van der Waals surface area contributed by atoms with E-state index in [2.05, 4.69) is 10.3 Å². The summed E-state index contributed by atoms with van der Waals surface area (Å²) in [6.45, 7) is 2.19. The first-order valence-corrected chi connectivity index (χ1v) is 11.1. The number of carbonyl (C=O) groups is 1. The van der Waals surface area contributed by atoms with E-state index in [4.69, 9.17) is 0 Å². The molecule has 4 rings (SSSR count). The van der Waals surface area contributed by atoms with Crippen molar-refractivity contribution in [1.29, 1.82) is 0 Å². The Kier molecular flexibility index (Phi) is 4.90. The molecule has 1 aliphatic heterocycles. The number of aromatic nitrogens is 1. The summed E-state index contributed by atoms with van der Waals surface area (Å²) < 4.78 is 41.1. The van der Waals surface area contributed by atoms with Crippen LogP contribution in [0.4, 0.5) is 9.52 Å². The van der Waals surface area contributed by atoms with E-state index >= 15 is 0 Å². The fraction of sp³-hybridized carbons (Fsp3) is 0.263. The average Bonchev–Trinajstić information content (AvgIpc) is 3.30. The van der Waals surface area contributed by atoms with Gasteiger partial charge in [0.05, 0.1) is 15.1 Å². The molecule has 0 aliphatic carbocycles. The molecule has 1 aliphatic rings. The van der Waals surface area contributed by atoms with Gasteiger partial charge in [-0.25, -0.2) is 17.8 Å². The fourth-order valence-electron chi connectivity index (χ4n) is 3.36. The molecular weight excluding hydrogens is 401 g/mol. The van der Waals surface area contributed by atoms with E-state index in [1.54, 1.807) is 0 Å². The maximum atomic E-state index is 13.1. The van der Waals surface area contributed by atoms with Crippen molar-refractivity contribution in [2.45, 2.75) is 30.7 Å². The van der Waals surface area contributed by atoms with Gasteiger partial charge in [0.2, 0.25) is 15.9 Å². The van der Waals surface area contributed by atoms with Crippen molar-refractivity contribution in [2.75, 3.05) is 11.9 Å². The van der Waals surface area contributed by atoms with Gasteiger partial charge in [-0.1, -0.05) is 23.5 Å². The first-order chi connectivity index (χ1) is 13.4. The zero-order valence-corrected chi connectivity index (χ0v) is 16.7. The molecule has 1 N–H and O–H groups in total. The number of thiazole rings is 1. The molecule has 1 fully saturated rings. The number of nitrogens with one attached hydrogen (secondary N) is 1. The van der Waals surface area contributed by atoms with Crippen molar-refractivity contribution in [3.8, 4) is 0 Å². The van der Waals surface area contributed by atoms with Crippen LogP contribution in [0, 0.1) is 12.7 Å². The Morgan fingerprint density at radius 2 is 2.00 bits per heavy atom. The van der Waals surface area contributed by atoms with Crippen LogP contribution in [-0.4, -0.2) is 36.2 Å². The number of anilines is 1. The molecular formula is C19H18FN3O3S2. The van der Waals surface area contributed by atoms with Crippen molar-refractivity contribution in [3.63, 3.8) is 0 Å². The summed E-state index contributed by atoms with van der Waals surface area (Å²) in [5, 5.41) is 3.21. The van der Waals surface area contributed by atoms with Crippen LogP contribution in [0.5, 0.6) is 0 Å². The quantitative estimate of drug-likeness (QED) is 0.702. The Balaban J connectivity index is 1.57. The van der Waals surface area contributed by atoms with Gasteiger partial charge in [-0.3, -0.25) is 4.79 Å². The van der Waals surface area contributed by atoms with E-state index in [0.717, 1.165) is 27.9 Å². The van der Waals surface area contributed by atoms with Gasteiger partial charge >= 0.3 is 0 Å². The van der Waals surface area contributed by atoms with Crippen LogP contribution in [0.2, 0.25) is 0 Å². The summed E-state index contributed by atoms with van der Waals surface area (Å²) in [4.78, 5) is 17.2.